The largest absolute Gasteiger partial charge is 0.454 e. The number of hydrogen-bond donors (Lipinski definition) is 6. The second-order valence-electron chi connectivity index (χ2n) is 22.5. The van der Waals surface area contributed by atoms with Crippen LogP contribution in [0.1, 0.15) is 310 Å². The molecule has 1 saturated heterocycles. The molecule has 6 N–H and O–H groups in total. The topological polar surface area (TPSA) is 175 Å². The van der Waals surface area contributed by atoms with Crippen molar-refractivity contribution in [2.75, 3.05) is 13.2 Å². The average molecular weight is 1060 g/mol. The van der Waals surface area contributed by atoms with E-state index in [1.807, 2.05) is 6.08 Å². The molecule has 1 heterocycles. The van der Waals surface area contributed by atoms with Crippen LogP contribution in [-0.2, 0) is 23.8 Å². The van der Waals surface area contributed by atoms with E-state index >= 15 is 0 Å². The highest BCUT2D eigenvalue weighted by molar-refractivity contribution is 5.80. The Morgan fingerprint density at radius 2 is 0.880 bits per heavy atom. The van der Waals surface area contributed by atoms with Crippen LogP contribution in [-0.4, -0.2) is 99.6 Å². The molecule has 8 unspecified atom stereocenters. The zero-order valence-electron chi connectivity index (χ0n) is 48.9. The van der Waals surface area contributed by atoms with E-state index in [4.69, 9.17) is 14.2 Å². The van der Waals surface area contributed by atoms with E-state index in [0.717, 1.165) is 70.6 Å². The molecule has 0 saturated carbocycles. The molecule has 442 valence electrons. The Balaban J connectivity index is 2.65. The first-order valence-corrected chi connectivity index (χ1v) is 32.1. The molecule has 0 aromatic heterocycles. The summed E-state index contributed by atoms with van der Waals surface area (Å²) in [7, 11) is 0. The molecule has 0 aliphatic carbocycles. The summed E-state index contributed by atoms with van der Waals surface area (Å²) in [4.78, 5) is 26.6. The van der Waals surface area contributed by atoms with Gasteiger partial charge in [0.1, 0.15) is 24.4 Å². The van der Waals surface area contributed by atoms with E-state index in [1.165, 1.54) is 193 Å². The summed E-state index contributed by atoms with van der Waals surface area (Å²) in [6, 6.07) is -1.02. The number of ether oxygens (including phenoxy) is 3. The molecule has 0 radical (unpaired) electrons. The van der Waals surface area contributed by atoms with Crippen LogP contribution in [0.15, 0.2) is 24.3 Å². The Labute approximate surface area is 461 Å². The summed E-state index contributed by atoms with van der Waals surface area (Å²) in [6.45, 7) is 5.81. The van der Waals surface area contributed by atoms with E-state index in [9.17, 15) is 35.1 Å². The third kappa shape index (κ3) is 40.9. The number of esters is 1. The zero-order valence-corrected chi connectivity index (χ0v) is 48.9. The van der Waals surface area contributed by atoms with E-state index in [0.29, 0.717) is 12.8 Å². The maximum atomic E-state index is 13.4. The number of aliphatic hydroxyl groups excluding tert-OH is 5. The van der Waals surface area contributed by atoms with Crippen LogP contribution in [0.25, 0.3) is 0 Å². The minimum absolute atomic E-state index is 0.129. The third-order valence-electron chi connectivity index (χ3n) is 15.4. The van der Waals surface area contributed by atoms with Crippen molar-refractivity contribution in [2.24, 2.45) is 0 Å². The van der Waals surface area contributed by atoms with Crippen molar-refractivity contribution < 1.29 is 49.3 Å². The summed E-state index contributed by atoms with van der Waals surface area (Å²) in [5.74, 6) is -1.18. The fraction of sp³-hybridized carbons (Fsp3) is 0.906. The van der Waals surface area contributed by atoms with Crippen LogP contribution in [0.4, 0.5) is 0 Å². The summed E-state index contributed by atoms with van der Waals surface area (Å²) in [6.07, 6.45) is 50.7. The van der Waals surface area contributed by atoms with Gasteiger partial charge in [-0.2, -0.15) is 0 Å². The Bertz CT molecular complexity index is 1310. The van der Waals surface area contributed by atoms with Gasteiger partial charge in [-0.25, -0.2) is 0 Å². The molecule has 8 atom stereocenters. The van der Waals surface area contributed by atoms with E-state index in [1.54, 1.807) is 6.08 Å². The van der Waals surface area contributed by atoms with E-state index in [2.05, 4.69) is 38.2 Å². The predicted molar refractivity (Wildman–Crippen MR) is 311 cm³/mol. The fourth-order valence-electron chi connectivity index (χ4n) is 10.2. The SMILES string of the molecule is CCCCCC/C=C\CCCCCCCCC(O)C(=O)NC(COC1OC(CO)C(O)C(O)C1OC(=O)CCCCCCCCCCCCCCCCCCCCC)C(O)/C=C/CCCCCCCCCCCCC. The van der Waals surface area contributed by atoms with Crippen molar-refractivity contribution in [1.29, 1.82) is 0 Å². The number of aliphatic hydroxyl groups is 5. The van der Waals surface area contributed by atoms with Crippen LogP contribution in [0.3, 0.4) is 0 Å². The number of unbranched alkanes of at least 4 members (excludes halogenated alkanes) is 39. The Hall–Kier alpha value is -1.86. The summed E-state index contributed by atoms with van der Waals surface area (Å²) >= 11 is 0. The van der Waals surface area contributed by atoms with E-state index < -0.39 is 67.4 Å². The van der Waals surface area contributed by atoms with Crippen LogP contribution in [0.2, 0.25) is 0 Å². The van der Waals surface area contributed by atoms with E-state index in [-0.39, 0.29) is 19.4 Å². The number of amides is 1. The number of carbonyl (C=O) groups is 2. The number of nitrogens with one attached hydrogen (secondary N) is 1. The van der Waals surface area contributed by atoms with Gasteiger partial charge in [0.2, 0.25) is 5.91 Å². The number of allylic oxidation sites excluding steroid dienone is 3. The van der Waals surface area contributed by atoms with Gasteiger partial charge in [0, 0.05) is 6.42 Å². The normalized spacial score (nSPS) is 19.3. The molecule has 0 aromatic rings. The van der Waals surface area contributed by atoms with Crippen LogP contribution in [0, 0.1) is 0 Å². The highest BCUT2D eigenvalue weighted by Crippen LogP contribution is 2.26. The average Bonchev–Trinajstić information content (AvgIpc) is 3.41. The molecular weight excluding hydrogens is 943 g/mol. The zero-order chi connectivity index (χ0) is 54.7. The highest BCUT2D eigenvalue weighted by atomic mass is 16.7. The van der Waals surface area contributed by atoms with Crippen molar-refractivity contribution in [3.8, 4) is 0 Å². The lowest BCUT2D eigenvalue weighted by molar-refractivity contribution is -0.305. The summed E-state index contributed by atoms with van der Waals surface area (Å²) < 4.78 is 17.6. The molecule has 0 bridgehead atoms. The molecule has 1 aliphatic rings. The van der Waals surface area contributed by atoms with Crippen molar-refractivity contribution >= 4 is 11.9 Å². The summed E-state index contributed by atoms with van der Waals surface area (Å²) in [5.41, 5.74) is 0. The number of carbonyl (C=O) groups excluding carboxylic acids is 2. The first-order valence-electron chi connectivity index (χ1n) is 32.1. The number of rotatable bonds is 55. The van der Waals surface area contributed by atoms with Gasteiger partial charge in [-0.15, -0.1) is 0 Å². The fourth-order valence-corrected chi connectivity index (χ4v) is 10.2. The molecule has 11 nitrogen and oxygen atoms in total. The molecule has 1 fully saturated rings. The lowest BCUT2D eigenvalue weighted by Gasteiger charge is -2.41. The van der Waals surface area contributed by atoms with Crippen LogP contribution in [0.5, 0.6) is 0 Å². The Morgan fingerprint density at radius 3 is 1.31 bits per heavy atom. The lowest BCUT2D eigenvalue weighted by atomic mass is 9.99. The maximum Gasteiger partial charge on any atom is 0.306 e. The molecule has 1 amide bonds. The van der Waals surface area contributed by atoms with Gasteiger partial charge in [0.05, 0.1) is 25.4 Å². The molecule has 0 aromatic carbocycles. The second kappa shape index (κ2) is 52.8. The quantitative estimate of drug-likeness (QED) is 0.0195. The van der Waals surface area contributed by atoms with Gasteiger partial charge in [-0.3, -0.25) is 9.59 Å². The van der Waals surface area contributed by atoms with Gasteiger partial charge in [0.15, 0.2) is 12.4 Å². The minimum atomic E-state index is -1.61. The van der Waals surface area contributed by atoms with Crippen molar-refractivity contribution in [2.45, 2.75) is 359 Å². The number of hydrogen-bond acceptors (Lipinski definition) is 10. The molecule has 0 spiro atoms. The smallest absolute Gasteiger partial charge is 0.306 e. The summed E-state index contributed by atoms with van der Waals surface area (Å²) in [5, 5.41) is 57.0. The van der Waals surface area contributed by atoms with Crippen molar-refractivity contribution in [3.05, 3.63) is 24.3 Å². The van der Waals surface area contributed by atoms with Gasteiger partial charge in [-0.05, 0) is 51.4 Å². The predicted octanol–water partition coefficient (Wildman–Crippen LogP) is 15.3. The molecular formula is C64H121NO10. The first-order chi connectivity index (χ1) is 36.7. The Kier molecular flexibility index (Phi) is 50.1. The van der Waals surface area contributed by atoms with Crippen LogP contribution < -0.4 is 5.32 Å². The second-order valence-corrected chi connectivity index (χ2v) is 22.5. The van der Waals surface area contributed by atoms with Gasteiger partial charge in [0.25, 0.3) is 0 Å². The molecule has 1 rings (SSSR count). The van der Waals surface area contributed by atoms with Gasteiger partial charge < -0.3 is 45.1 Å². The molecule has 75 heavy (non-hydrogen) atoms. The molecule has 11 heteroatoms. The van der Waals surface area contributed by atoms with Gasteiger partial charge >= 0.3 is 5.97 Å². The Morgan fingerprint density at radius 1 is 0.507 bits per heavy atom. The third-order valence-corrected chi connectivity index (χ3v) is 15.4. The molecule has 1 aliphatic heterocycles. The van der Waals surface area contributed by atoms with Crippen LogP contribution >= 0.6 is 0 Å². The first kappa shape index (κ1) is 71.2. The lowest BCUT2D eigenvalue weighted by Crippen LogP contribution is -2.61. The maximum absolute atomic E-state index is 13.4. The monoisotopic (exact) mass is 1060 g/mol. The highest BCUT2D eigenvalue weighted by Gasteiger charge is 2.47. The van der Waals surface area contributed by atoms with Gasteiger partial charge in [-0.1, -0.05) is 276 Å². The van der Waals surface area contributed by atoms with Crippen molar-refractivity contribution in [3.63, 3.8) is 0 Å². The minimum Gasteiger partial charge on any atom is -0.454 e. The van der Waals surface area contributed by atoms with Crippen molar-refractivity contribution in [1.82, 2.24) is 5.32 Å². The standard InChI is InChI=1S/C64H121NO10/c1-4-7-10-13-16-19-22-25-27-28-29-30-31-34-37-40-43-46-49-52-59(69)75-62-61(71)60(70)58(53-66)74-64(62)73-54-55(56(67)50-47-44-41-38-35-32-24-21-18-15-12-9-6-3)65-63(72)57(68)51-48-45-42-39-36-33-26-23-20-17-14-11-8-5-2/h20,23,47,50,55-58,60-62,64,66-68,70-71H,4-19,21-22,24-46,48-49,51-54H2,1-3H3,(H,65,72)/b23-20-,50-47+.